The molecule has 0 saturated carbocycles. The number of carbonyl (C=O) groups is 1. The van der Waals surface area contributed by atoms with Crippen molar-refractivity contribution >= 4 is 17.5 Å². The highest BCUT2D eigenvalue weighted by molar-refractivity contribution is 6.30. The number of nitrogens with one attached hydrogen (secondary N) is 1. The van der Waals surface area contributed by atoms with Gasteiger partial charge in [-0.1, -0.05) is 29.8 Å². The normalized spacial score (nSPS) is 12.7. The molecule has 0 atom stereocenters. The van der Waals surface area contributed by atoms with E-state index >= 15 is 0 Å². The molecule has 5 heteroatoms. The van der Waals surface area contributed by atoms with Gasteiger partial charge in [-0.3, -0.25) is 4.79 Å². The molecule has 0 spiro atoms. The summed E-state index contributed by atoms with van der Waals surface area (Å²) in [6, 6.07) is 13.5. The summed E-state index contributed by atoms with van der Waals surface area (Å²) in [6.07, 6.45) is 1.91. The monoisotopic (exact) mass is 345 g/mol. The SMILES string of the molecule is O=C(CCc1ccc2c(c1)OCCO2)NCCc1cccc(Cl)c1. The fourth-order valence-corrected chi connectivity index (χ4v) is 2.84. The molecule has 0 aliphatic carbocycles. The molecular weight excluding hydrogens is 326 g/mol. The highest BCUT2D eigenvalue weighted by Crippen LogP contribution is 2.31. The Labute approximate surface area is 146 Å². The van der Waals surface area contributed by atoms with Crippen LogP contribution in [-0.2, 0) is 17.6 Å². The van der Waals surface area contributed by atoms with Crippen LogP contribution < -0.4 is 14.8 Å². The Bertz CT molecular complexity index is 718. The van der Waals surface area contributed by atoms with Crippen LogP contribution in [0.2, 0.25) is 5.02 Å². The quantitative estimate of drug-likeness (QED) is 0.872. The Morgan fingerprint density at radius 2 is 1.79 bits per heavy atom. The lowest BCUT2D eigenvalue weighted by Crippen LogP contribution is -2.25. The topological polar surface area (TPSA) is 47.6 Å². The van der Waals surface area contributed by atoms with E-state index in [4.69, 9.17) is 21.1 Å². The minimum atomic E-state index is 0.0481. The second-order valence-corrected chi connectivity index (χ2v) is 6.14. The maximum Gasteiger partial charge on any atom is 0.220 e. The van der Waals surface area contributed by atoms with E-state index in [2.05, 4.69) is 5.32 Å². The van der Waals surface area contributed by atoms with Crippen molar-refractivity contribution in [3.05, 3.63) is 58.6 Å². The summed E-state index contributed by atoms with van der Waals surface area (Å²) < 4.78 is 11.1. The maximum absolute atomic E-state index is 12.0. The minimum absolute atomic E-state index is 0.0481. The Balaban J connectivity index is 1.42. The van der Waals surface area contributed by atoms with E-state index in [1.54, 1.807) is 0 Å². The first-order valence-corrected chi connectivity index (χ1v) is 8.48. The maximum atomic E-state index is 12.0. The predicted molar refractivity (Wildman–Crippen MR) is 93.9 cm³/mol. The van der Waals surface area contributed by atoms with Gasteiger partial charge in [-0.2, -0.15) is 0 Å². The van der Waals surface area contributed by atoms with E-state index in [0.29, 0.717) is 32.6 Å². The molecule has 1 heterocycles. The standard InChI is InChI=1S/C19H20ClNO3/c20-16-3-1-2-14(12-16)8-9-21-19(22)7-5-15-4-6-17-18(13-15)24-11-10-23-17/h1-4,6,12-13H,5,7-11H2,(H,21,22). The van der Waals surface area contributed by atoms with Gasteiger partial charge in [-0.05, 0) is 48.2 Å². The summed E-state index contributed by atoms with van der Waals surface area (Å²) in [5.74, 6) is 1.59. The number of halogens is 1. The first-order valence-electron chi connectivity index (χ1n) is 8.10. The van der Waals surface area contributed by atoms with Crippen LogP contribution in [-0.4, -0.2) is 25.7 Å². The van der Waals surface area contributed by atoms with Gasteiger partial charge in [0.1, 0.15) is 13.2 Å². The van der Waals surface area contributed by atoms with Crippen molar-refractivity contribution in [1.82, 2.24) is 5.32 Å². The Morgan fingerprint density at radius 3 is 2.62 bits per heavy atom. The second kappa shape index (κ2) is 8.06. The summed E-state index contributed by atoms with van der Waals surface area (Å²) in [5.41, 5.74) is 2.19. The van der Waals surface area contributed by atoms with Gasteiger partial charge in [-0.15, -0.1) is 0 Å². The van der Waals surface area contributed by atoms with Gasteiger partial charge >= 0.3 is 0 Å². The van der Waals surface area contributed by atoms with Crippen molar-refractivity contribution in [2.24, 2.45) is 0 Å². The number of amides is 1. The molecule has 1 N–H and O–H groups in total. The molecule has 24 heavy (non-hydrogen) atoms. The summed E-state index contributed by atoms with van der Waals surface area (Å²) in [4.78, 5) is 12.0. The van der Waals surface area contributed by atoms with E-state index in [-0.39, 0.29) is 5.91 Å². The minimum Gasteiger partial charge on any atom is -0.486 e. The van der Waals surface area contributed by atoms with Crippen LogP contribution in [0.25, 0.3) is 0 Å². The number of carbonyl (C=O) groups excluding carboxylic acids is 1. The van der Waals surface area contributed by atoms with Crippen LogP contribution >= 0.6 is 11.6 Å². The van der Waals surface area contributed by atoms with Crippen molar-refractivity contribution in [3.63, 3.8) is 0 Å². The average Bonchev–Trinajstić information content (AvgIpc) is 2.60. The first-order chi connectivity index (χ1) is 11.7. The molecule has 2 aromatic carbocycles. The van der Waals surface area contributed by atoms with Crippen molar-refractivity contribution in [2.45, 2.75) is 19.3 Å². The largest absolute Gasteiger partial charge is 0.486 e. The smallest absolute Gasteiger partial charge is 0.220 e. The van der Waals surface area contributed by atoms with Gasteiger partial charge < -0.3 is 14.8 Å². The number of hydrogen-bond donors (Lipinski definition) is 1. The van der Waals surface area contributed by atoms with Gasteiger partial charge in [0.05, 0.1) is 0 Å². The zero-order valence-corrected chi connectivity index (χ0v) is 14.1. The van der Waals surface area contributed by atoms with Crippen LogP contribution in [0.5, 0.6) is 11.5 Å². The highest BCUT2D eigenvalue weighted by Gasteiger charge is 2.12. The fraction of sp³-hybridized carbons (Fsp3) is 0.316. The van der Waals surface area contributed by atoms with E-state index in [9.17, 15) is 4.79 Å². The van der Waals surface area contributed by atoms with Crippen molar-refractivity contribution in [1.29, 1.82) is 0 Å². The van der Waals surface area contributed by atoms with Gasteiger partial charge in [0.15, 0.2) is 11.5 Å². The third-order valence-electron chi connectivity index (χ3n) is 3.87. The van der Waals surface area contributed by atoms with Crippen LogP contribution in [0.1, 0.15) is 17.5 Å². The number of fused-ring (bicyclic) bond motifs is 1. The van der Waals surface area contributed by atoms with Crippen LogP contribution in [0.4, 0.5) is 0 Å². The lowest BCUT2D eigenvalue weighted by atomic mass is 10.1. The second-order valence-electron chi connectivity index (χ2n) is 5.71. The van der Waals surface area contributed by atoms with Crippen LogP contribution in [0.15, 0.2) is 42.5 Å². The first kappa shape index (κ1) is 16.7. The lowest BCUT2D eigenvalue weighted by Gasteiger charge is -2.18. The molecule has 2 aromatic rings. The average molecular weight is 346 g/mol. The zero-order chi connectivity index (χ0) is 16.8. The molecule has 0 bridgehead atoms. The number of hydrogen-bond acceptors (Lipinski definition) is 3. The number of aryl methyl sites for hydroxylation is 1. The molecule has 4 nitrogen and oxygen atoms in total. The third kappa shape index (κ3) is 4.65. The predicted octanol–water partition coefficient (Wildman–Crippen LogP) is 3.40. The van der Waals surface area contributed by atoms with E-state index in [0.717, 1.165) is 34.1 Å². The molecule has 0 unspecified atom stereocenters. The van der Waals surface area contributed by atoms with Gasteiger partial charge in [0.25, 0.3) is 0 Å². The molecule has 1 aliphatic rings. The zero-order valence-electron chi connectivity index (χ0n) is 13.4. The fourth-order valence-electron chi connectivity index (χ4n) is 2.63. The van der Waals surface area contributed by atoms with Crippen molar-refractivity contribution in [2.75, 3.05) is 19.8 Å². The Kier molecular flexibility index (Phi) is 5.59. The van der Waals surface area contributed by atoms with Crippen molar-refractivity contribution < 1.29 is 14.3 Å². The van der Waals surface area contributed by atoms with E-state index in [1.807, 2.05) is 42.5 Å². The van der Waals surface area contributed by atoms with Crippen LogP contribution in [0.3, 0.4) is 0 Å². The van der Waals surface area contributed by atoms with Gasteiger partial charge in [0, 0.05) is 18.0 Å². The molecule has 0 saturated heterocycles. The third-order valence-corrected chi connectivity index (χ3v) is 4.11. The molecular formula is C19H20ClNO3. The molecule has 1 aliphatic heterocycles. The molecule has 126 valence electrons. The Hall–Kier alpha value is -2.20. The molecule has 1 amide bonds. The number of rotatable bonds is 6. The Morgan fingerprint density at radius 1 is 1.00 bits per heavy atom. The van der Waals surface area contributed by atoms with Gasteiger partial charge in [0.2, 0.25) is 5.91 Å². The van der Waals surface area contributed by atoms with E-state index < -0.39 is 0 Å². The lowest BCUT2D eigenvalue weighted by molar-refractivity contribution is -0.121. The summed E-state index contributed by atoms with van der Waals surface area (Å²) in [7, 11) is 0. The van der Waals surface area contributed by atoms with Gasteiger partial charge in [-0.25, -0.2) is 0 Å². The van der Waals surface area contributed by atoms with Crippen molar-refractivity contribution in [3.8, 4) is 11.5 Å². The number of ether oxygens (including phenoxy) is 2. The molecule has 3 rings (SSSR count). The summed E-state index contributed by atoms with van der Waals surface area (Å²) >= 11 is 5.95. The summed E-state index contributed by atoms with van der Waals surface area (Å²) in [5, 5.41) is 3.67. The number of benzene rings is 2. The van der Waals surface area contributed by atoms with Crippen LogP contribution in [0, 0.1) is 0 Å². The molecule has 0 radical (unpaired) electrons. The highest BCUT2D eigenvalue weighted by atomic mass is 35.5. The molecule has 0 fully saturated rings. The van der Waals surface area contributed by atoms with E-state index in [1.165, 1.54) is 0 Å². The summed E-state index contributed by atoms with van der Waals surface area (Å²) in [6.45, 7) is 1.77. The molecule has 0 aromatic heterocycles.